The lowest BCUT2D eigenvalue weighted by Crippen LogP contribution is -2.46. The molecule has 1 aliphatic rings. The maximum atomic E-state index is 12.2. The molecule has 1 aromatic rings. The van der Waals surface area contributed by atoms with Crippen LogP contribution in [0, 0.1) is 0 Å². The highest BCUT2D eigenvalue weighted by molar-refractivity contribution is 5.98. The number of rotatable bonds is 2. The van der Waals surface area contributed by atoms with Crippen molar-refractivity contribution in [3.05, 3.63) is 29.8 Å². The van der Waals surface area contributed by atoms with Gasteiger partial charge in [0.1, 0.15) is 6.04 Å². The first kappa shape index (κ1) is 13.5. The highest BCUT2D eigenvalue weighted by atomic mass is 16.2. The van der Waals surface area contributed by atoms with Crippen LogP contribution in [0.25, 0.3) is 0 Å². The third kappa shape index (κ3) is 2.93. The van der Waals surface area contributed by atoms with Crippen LogP contribution in [0.15, 0.2) is 24.3 Å². The molecule has 0 aliphatic carbocycles. The van der Waals surface area contributed by atoms with E-state index in [0.717, 1.165) is 11.3 Å². The van der Waals surface area contributed by atoms with Crippen molar-refractivity contribution >= 4 is 17.5 Å². The van der Waals surface area contributed by atoms with Crippen molar-refractivity contribution in [2.45, 2.75) is 19.5 Å². The summed E-state index contributed by atoms with van der Waals surface area (Å²) in [7, 11) is 3.68. The van der Waals surface area contributed by atoms with Gasteiger partial charge in [-0.1, -0.05) is 18.2 Å². The second-order valence-electron chi connectivity index (χ2n) is 5.08. The van der Waals surface area contributed by atoms with E-state index in [1.165, 1.54) is 0 Å². The van der Waals surface area contributed by atoms with E-state index >= 15 is 0 Å². The smallest absolute Gasteiger partial charge is 0.246 e. The topological polar surface area (TPSA) is 52.7 Å². The Morgan fingerprint density at radius 2 is 2.11 bits per heavy atom. The number of likely N-dealkylation sites (N-methyl/N-ethyl adjacent to an activating group) is 1. The number of anilines is 1. The van der Waals surface area contributed by atoms with Crippen molar-refractivity contribution in [3.63, 3.8) is 0 Å². The maximum Gasteiger partial charge on any atom is 0.246 e. The molecule has 102 valence electrons. The standard InChI is InChI=1S/C14H19N3O2/c1-10-14(19)15-12-7-5-4-6-11(12)8-17(10)13(18)9-16(2)3/h4-7,10H,8-9H2,1-3H3,(H,15,19). The summed E-state index contributed by atoms with van der Waals surface area (Å²) in [6, 6.07) is 7.12. The van der Waals surface area contributed by atoms with Crippen LogP contribution in [0.5, 0.6) is 0 Å². The highest BCUT2D eigenvalue weighted by Gasteiger charge is 2.29. The molecule has 2 amide bonds. The summed E-state index contributed by atoms with van der Waals surface area (Å²) in [6.07, 6.45) is 0. The van der Waals surface area contributed by atoms with Gasteiger partial charge in [-0.15, -0.1) is 0 Å². The van der Waals surface area contributed by atoms with Crippen molar-refractivity contribution in [2.75, 3.05) is 26.0 Å². The molecule has 0 bridgehead atoms. The average Bonchev–Trinajstić information content (AvgIpc) is 2.47. The van der Waals surface area contributed by atoms with Crippen LogP contribution in [0.2, 0.25) is 0 Å². The first-order valence-electron chi connectivity index (χ1n) is 6.32. The molecule has 1 aliphatic heterocycles. The molecule has 0 fully saturated rings. The van der Waals surface area contributed by atoms with E-state index in [1.807, 2.05) is 43.3 Å². The normalized spacial score (nSPS) is 18.8. The Hall–Kier alpha value is -1.88. The molecule has 0 saturated heterocycles. The Balaban J connectivity index is 2.29. The van der Waals surface area contributed by atoms with Gasteiger partial charge >= 0.3 is 0 Å². The Morgan fingerprint density at radius 1 is 1.42 bits per heavy atom. The second kappa shape index (κ2) is 5.40. The molecule has 2 rings (SSSR count). The molecule has 5 heteroatoms. The van der Waals surface area contributed by atoms with Gasteiger partial charge in [0.2, 0.25) is 11.8 Å². The summed E-state index contributed by atoms with van der Waals surface area (Å²) >= 11 is 0. The van der Waals surface area contributed by atoms with Crippen molar-refractivity contribution in [1.29, 1.82) is 0 Å². The van der Waals surface area contributed by atoms with E-state index < -0.39 is 6.04 Å². The van der Waals surface area contributed by atoms with Crippen molar-refractivity contribution in [1.82, 2.24) is 9.80 Å². The number of hydrogen-bond donors (Lipinski definition) is 1. The van der Waals surface area contributed by atoms with E-state index in [9.17, 15) is 9.59 Å². The monoisotopic (exact) mass is 261 g/mol. The quantitative estimate of drug-likeness (QED) is 0.861. The molecule has 5 nitrogen and oxygen atoms in total. The number of nitrogens with one attached hydrogen (secondary N) is 1. The van der Waals surface area contributed by atoms with Gasteiger partial charge in [-0.2, -0.15) is 0 Å². The van der Waals surface area contributed by atoms with Crippen molar-refractivity contribution in [2.24, 2.45) is 0 Å². The van der Waals surface area contributed by atoms with Gasteiger partial charge in [-0.05, 0) is 32.6 Å². The van der Waals surface area contributed by atoms with E-state index in [-0.39, 0.29) is 11.8 Å². The third-order valence-electron chi connectivity index (χ3n) is 3.23. The van der Waals surface area contributed by atoms with E-state index in [4.69, 9.17) is 0 Å². The Bertz CT molecular complexity index is 499. The first-order chi connectivity index (χ1) is 8.99. The first-order valence-corrected chi connectivity index (χ1v) is 6.32. The minimum atomic E-state index is -0.458. The summed E-state index contributed by atoms with van der Waals surface area (Å²) in [4.78, 5) is 27.7. The molecule has 0 radical (unpaired) electrons. The van der Waals surface area contributed by atoms with Crippen LogP contribution in [-0.4, -0.2) is 48.3 Å². The van der Waals surface area contributed by atoms with Crippen LogP contribution < -0.4 is 5.32 Å². The lowest BCUT2D eigenvalue weighted by Gasteiger charge is -2.27. The van der Waals surface area contributed by atoms with Crippen LogP contribution in [-0.2, 0) is 16.1 Å². The third-order valence-corrected chi connectivity index (χ3v) is 3.23. The predicted octanol–water partition coefficient (Wildman–Crippen LogP) is 0.917. The Labute approximate surface area is 113 Å². The van der Waals surface area contributed by atoms with E-state index in [2.05, 4.69) is 5.32 Å². The molecular weight excluding hydrogens is 242 g/mol. The highest BCUT2D eigenvalue weighted by Crippen LogP contribution is 2.22. The molecule has 1 atom stereocenters. The van der Waals surface area contributed by atoms with Crippen LogP contribution in [0.4, 0.5) is 5.69 Å². The van der Waals surface area contributed by atoms with Gasteiger partial charge in [-0.25, -0.2) is 0 Å². The van der Waals surface area contributed by atoms with Gasteiger partial charge in [0.25, 0.3) is 0 Å². The molecule has 19 heavy (non-hydrogen) atoms. The summed E-state index contributed by atoms with van der Waals surface area (Å²) in [5.74, 6) is -0.179. The van der Waals surface area contributed by atoms with Crippen LogP contribution in [0.3, 0.4) is 0 Å². The zero-order valence-electron chi connectivity index (χ0n) is 11.5. The number of nitrogens with zero attached hydrogens (tertiary/aromatic N) is 2. The number of amides is 2. The zero-order valence-corrected chi connectivity index (χ0v) is 11.5. The molecular formula is C14H19N3O2. The fourth-order valence-corrected chi connectivity index (χ4v) is 2.14. The lowest BCUT2D eigenvalue weighted by molar-refractivity contribution is -0.139. The van der Waals surface area contributed by atoms with Gasteiger partial charge in [0.05, 0.1) is 6.54 Å². The number of hydrogen-bond acceptors (Lipinski definition) is 3. The van der Waals surface area contributed by atoms with Gasteiger partial charge in [-0.3, -0.25) is 9.59 Å². The number of carbonyl (C=O) groups is 2. The van der Waals surface area contributed by atoms with Crippen molar-refractivity contribution < 1.29 is 9.59 Å². The largest absolute Gasteiger partial charge is 0.325 e. The molecule has 0 spiro atoms. The molecule has 1 aromatic carbocycles. The lowest BCUT2D eigenvalue weighted by atomic mass is 10.1. The van der Waals surface area contributed by atoms with E-state index in [0.29, 0.717) is 13.1 Å². The minimum absolute atomic E-state index is 0.0376. The molecule has 0 aromatic heterocycles. The summed E-state index contributed by atoms with van der Waals surface area (Å²) in [5.41, 5.74) is 1.76. The van der Waals surface area contributed by atoms with Crippen LogP contribution >= 0.6 is 0 Å². The average molecular weight is 261 g/mol. The predicted molar refractivity (Wildman–Crippen MR) is 73.6 cm³/mol. The number of para-hydroxylation sites is 1. The number of fused-ring (bicyclic) bond motifs is 1. The molecule has 1 unspecified atom stereocenters. The van der Waals surface area contributed by atoms with E-state index in [1.54, 1.807) is 11.8 Å². The molecule has 1 heterocycles. The summed E-state index contributed by atoms with van der Waals surface area (Å²) in [5, 5.41) is 2.86. The van der Waals surface area contributed by atoms with Crippen LogP contribution in [0.1, 0.15) is 12.5 Å². The van der Waals surface area contributed by atoms with Gasteiger partial charge < -0.3 is 15.1 Å². The minimum Gasteiger partial charge on any atom is -0.325 e. The van der Waals surface area contributed by atoms with Gasteiger partial charge in [0.15, 0.2) is 0 Å². The zero-order chi connectivity index (χ0) is 14.0. The number of carbonyl (C=O) groups excluding carboxylic acids is 2. The molecule has 1 N–H and O–H groups in total. The second-order valence-corrected chi connectivity index (χ2v) is 5.08. The van der Waals surface area contributed by atoms with Gasteiger partial charge in [0, 0.05) is 12.2 Å². The van der Waals surface area contributed by atoms with Crippen molar-refractivity contribution in [3.8, 4) is 0 Å². The molecule has 0 saturated carbocycles. The summed E-state index contributed by atoms with van der Waals surface area (Å²) in [6.45, 7) is 2.53. The fraction of sp³-hybridized carbons (Fsp3) is 0.429. The summed E-state index contributed by atoms with van der Waals surface area (Å²) < 4.78 is 0. The number of benzene rings is 1. The maximum absolute atomic E-state index is 12.2. The fourth-order valence-electron chi connectivity index (χ4n) is 2.14. The Kier molecular flexibility index (Phi) is 3.85. The Morgan fingerprint density at radius 3 is 2.79 bits per heavy atom. The SMILES string of the molecule is CC1C(=O)Nc2ccccc2CN1C(=O)CN(C)C.